The molecule has 1 aliphatic heterocycles. The fraction of sp³-hybridized carbons (Fsp3) is 0.853. The Bertz CT molecular complexity index is 1450. The maximum Gasteiger partial charge on any atom is 0.305 e. The van der Waals surface area contributed by atoms with Gasteiger partial charge in [-0.3, -0.25) is 9.59 Å². The van der Waals surface area contributed by atoms with Crippen LogP contribution in [-0.4, -0.2) is 100 Å². The zero-order valence-corrected chi connectivity index (χ0v) is 51.1. The molecular weight excluding hydrogens is 991 g/mol. The van der Waals surface area contributed by atoms with Crippen molar-refractivity contribution in [2.45, 2.75) is 352 Å². The van der Waals surface area contributed by atoms with Gasteiger partial charge in [0.2, 0.25) is 5.91 Å². The highest BCUT2D eigenvalue weighted by Crippen LogP contribution is 2.23. The van der Waals surface area contributed by atoms with Gasteiger partial charge in [-0.05, 0) is 89.9 Å². The van der Waals surface area contributed by atoms with Crippen LogP contribution in [0.2, 0.25) is 0 Å². The van der Waals surface area contributed by atoms with Crippen molar-refractivity contribution in [1.82, 2.24) is 5.32 Å². The van der Waals surface area contributed by atoms with Crippen LogP contribution in [-0.2, 0) is 23.8 Å². The molecule has 1 fully saturated rings. The first-order valence-electron chi connectivity index (χ1n) is 33.4. The molecule has 0 aliphatic carbocycles. The summed E-state index contributed by atoms with van der Waals surface area (Å²) in [5, 5.41) is 54.3. The van der Waals surface area contributed by atoms with Gasteiger partial charge in [0.05, 0.1) is 32.0 Å². The van der Waals surface area contributed by atoms with Gasteiger partial charge >= 0.3 is 5.97 Å². The van der Waals surface area contributed by atoms with Crippen LogP contribution in [0.25, 0.3) is 0 Å². The third-order valence-corrected chi connectivity index (χ3v) is 15.7. The zero-order valence-electron chi connectivity index (χ0n) is 51.1. The molecule has 0 saturated carbocycles. The SMILES string of the molecule is CCCCC/C=C\C/C=C\CCCCCCCC(=O)OCCCCCCCCCCCCCC/C=C\CCCCCCCCCCCCCC(=O)NC(COC1OC(CO)C(O)C(O)C1O)C(O)/C=C/CCCCCCCCC. The van der Waals surface area contributed by atoms with Gasteiger partial charge in [-0.15, -0.1) is 0 Å². The van der Waals surface area contributed by atoms with E-state index in [0.29, 0.717) is 19.4 Å². The molecule has 0 aromatic heterocycles. The summed E-state index contributed by atoms with van der Waals surface area (Å²) in [6.07, 6.45) is 63.9. The Labute approximate surface area is 485 Å². The third kappa shape index (κ3) is 46.8. The van der Waals surface area contributed by atoms with Crippen molar-refractivity contribution in [2.75, 3.05) is 19.8 Å². The second kappa shape index (κ2) is 57.4. The molecule has 1 amide bonds. The molecule has 0 aromatic rings. The van der Waals surface area contributed by atoms with Crippen LogP contribution < -0.4 is 5.32 Å². The molecule has 11 heteroatoms. The van der Waals surface area contributed by atoms with Gasteiger partial charge in [-0.2, -0.15) is 0 Å². The number of unbranched alkanes of at least 4 members (excludes halogenated alkanes) is 38. The van der Waals surface area contributed by atoms with E-state index in [4.69, 9.17) is 14.2 Å². The van der Waals surface area contributed by atoms with Crippen molar-refractivity contribution in [3.8, 4) is 0 Å². The second-order valence-corrected chi connectivity index (χ2v) is 23.2. The average Bonchev–Trinajstić information content (AvgIpc) is 3.47. The minimum absolute atomic E-state index is 0.00876. The molecule has 0 bridgehead atoms. The number of ether oxygens (including phenoxy) is 3. The van der Waals surface area contributed by atoms with Crippen LogP contribution in [0, 0.1) is 0 Å². The lowest BCUT2D eigenvalue weighted by molar-refractivity contribution is -0.302. The van der Waals surface area contributed by atoms with E-state index in [1.165, 1.54) is 218 Å². The predicted octanol–water partition coefficient (Wildman–Crippen LogP) is 16.4. The van der Waals surface area contributed by atoms with Gasteiger partial charge in [0, 0.05) is 12.8 Å². The third-order valence-electron chi connectivity index (χ3n) is 15.7. The van der Waals surface area contributed by atoms with E-state index < -0.39 is 49.5 Å². The first-order chi connectivity index (χ1) is 38.7. The number of allylic oxidation sites excluding steroid dienone is 7. The molecule has 0 aromatic carbocycles. The minimum atomic E-state index is -1.57. The number of esters is 1. The Morgan fingerprint density at radius 1 is 0.468 bits per heavy atom. The van der Waals surface area contributed by atoms with E-state index >= 15 is 0 Å². The van der Waals surface area contributed by atoms with Crippen molar-refractivity contribution in [2.24, 2.45) is 0 Å². The number of aliphatic hydroxyl groups excluding tert-OH is 5. The van der Waals surface area contributed by atoms with Crippen molar-refractivity contribution < 1.29 is 49.3 Å². The lowest BCUT2D eigenvalue weighted by atomic mass is 9.99. The molecule has 0 spiro atoms. The summed E-state index contributed by atoms with van der Waals surface area (Å²) in [5.41, 5.74) is 0. The number of hydrogen-bond acceptors (Lipinski definition) is 10. The van der Waals surface area contributed by atoms with Crippen LogP contribution >= 0.6 is 0 Å². The number of nitrogens with one attached hydrogen (secondary N) is 1. The van der Waals surface area contributed by atoms with E-state index in [2.05, 4.69) is 55.6 Å². The fourth-order valence-corrected chi connectivity index (χ4v) is 10.3. The Morgan fingerprint density at radius 3 is 1.32 bits per heavy atom. The van der Waals surface area contributed by atoms with Crippen LogP contribution in [0.1, 0.15) is 309 Å². The van der Waals surface area contributed by atoms with Gasteiger partial charge in [0.25, 0.3) is 0 Å². The highest BCUT2D eigenvalue weighted by molar-refractivity contribution is 5.76. The summed E-state index contributed by atoms with van der Waals surface area (Å²) < 4.78 is 16.7. The number of hydrogen-bond donors (Lipinski definition) is 6. The molecule has 6 N–H and O–H groups in total. The Hall–Kier alpha value is -2.38. The summed E-state index contributed by atoms with van der Waals surface area (Å²) in [5.74, 6) is -0.193. The van der Waals surface area contributed by atoms with Crippen LogP contribution in [0.5, 0.6) is 0 Å². The maximum atomic E-state index is 13.0. The summed E-state index contributed by atoms with van der Waals surface area (Å²) in [6, 6.07) is -0.810. The standard InChI is InChI=1S/C68H125NO10/c1-3-5-7-9-11-13-14-15-29-33-36-40-44-48-52-56-64(73)77-57-53-49-45-41-37-34-31-28-26-24-22-20-18-16-17-19-21-23-25-27-30-32-35-39-43-47-51-55-63(72)69-60(61(71)54-50-46-42-38-12-10-8-6-4-2)59-78-68-67(76)66(75)65(74)62(58-70)79-68/h11,13,15-17,29,50,54,60-62,65-68,70-71,74-76H,3-10,12,14,18-28,30-49,51-53,55-59H2,1-2H3,(H,69,72)/b13-11-,17-16-,29-15-,54-50+. The van der Waals surface area contributed by atoms with Gasteiger partial charge < -0.3 is 45.1 Å². The lowest BCUT2D eigenvalue weighted by Crippen LogP contribution is -2.60. The summed E-state index contributed by atoms with van der Waals surface area (Å²) in [4.78, 5) is 25.1. The first-order valence-corrected chi connectivity index (χ1v) is 33.4. The molecule has 1 rings (SSSR count). The lowest BCUT2D eigenvalue weighted by Gasteiger charge is -2.40. The highest BCUT2D eigenvalue weighted by Gasteiger charge is 2.44. The Morgan fingerprint density at radius 2 is 0.848 bits per heavy atom. The predicted molar refractivity (Wildman–Crippen MR) is 329 cm³/mol. The van der Waals surface area contributed by atoms with E-state index in [1.54, 1.807) is 6.08 Å². The van der Waals surface area contributed by atoms with Crippen LogP contribution in [0.4, 0.5) is 0 Å². The summed E-state index contributed by atoms with van der Waals surface area (Å²) in [7, 11) is 0. The van der Waals surface area contributed by atoms with Gasteiger partial charge in [-0.25, -0.2) is 0 Å². The Kier molecular flexibility index (Phi) is 54.3. The number of aliphatic hydroxyl groups is 5. The molecule has 7 atom stereocenters. The van der Waals surface area contributed by atoms with Crippen LogP contribution in [0.3, 0.4) is 0 Å². The maximum absolute atomic E-state index is 13.0. The number of rotatable bonds is 58. The number of amides is 1. The van der Waals surface area contributed by atoms with E-state index in [-0.39, 0.29) is 18.5 Å². The summed E-state index contributed by atoms with van der Waals surface area (Å²) in [6.45, 7) is 4.29. The minimum Gasteiger partial charge on any atom is -0.466 e. The van der Waals surface area contributed by atoms with E-state index in [9.17, 15) is 35.1 Å². The molecule has 0 radical (unpaired) electrons. The second-order valence-electron chi connectivity index (χ2n) is 23.2. The molecule has 462 valence electrons. The van der Waals surface area contributed by atoms with Gasteiger partial charge in [0.1, 0.15) is 24.4 Å². The molecular formula is C68H125NO10. The number of carbonyl (C=O) groups is 2. The first kappa shape index (κ1) is 74.6. The molecule has 1 aliphatic rings. The average molecular weight is 1120 g/mol. The van der Waals surface area contributed by atoms with Crippen molar-refractivity contribution in [1.29, 1.82) is 0 Å². The fourth-order valence-electron chi connectivity index (χ4n) is 10.3. The molecule has 1 heterocycles. The van der Waals surface area contributed by atoms with Crippen LogP contribution in [0.15, 0.2) is 48.6 Å². The largest absolute Gasteiger partial charge is 0.466 e. The Balaban J connectivity index is 1.95. The zero-order chi connectivity index (χ0) is 57.3. The molecule has 79 heavy (non-hydrogen) atoms. The quantitative estimate of drug-likeness (QED) is 0.0195. The number of carbonyl (C=O) groups excluding carboxylic acids is 2. The summed E-state index contributed by atoms with van der Waals surface area (Å²) >= 11 is 0. The topological polar surface area (TPSA) is 175 Å². The molecule has 7 unspecified atom stereocenters. The van der Waals surface area contributed by atoms with Crippen molar-refractivity contribution in [3.63, 3.8) is 0 Å². The normalized spacial score (nSPS) is 18.7. The van der Waals surface area contributed by atoms with Crippen molar-refractivity contribution in [3.05, 3.63) is 48.6 Å². The van der Waals surface area contributed by atoms with E-state index in [0.717, 1.165) is 64.2 Å². The molecule has 11 nitrogen and oxygen atoms in total. The van der Waals surface area contributed by atoms with Crippen molar-refractivity contribution >= 4 is 11.9 Å². The van der Waals surface area contributed by atoms with Gasteiger partial charge in [0.15, 0.2) is 6.29 Å². The molecule has 1 saturated heterocycles. The smallest absolute Gasteiger partial charge is 0.305 e. The van der Waals surface area contributed by atoms with E-state index in [1.807, 2.05) is 6.08 Å². The monoisotopic (exact) mass is 1120 g/mol. The van der Waals surface area contributed by atoms with Gasteiger partial charge in [-0.1, -0.05) is 255 Å². The highest BCUT2D eigenvalue weighted by atomic mass is 16.7.